The van der Waals surface area contributed by atoms with Crippen molar-refractivity contribution in [1.29, 1.82) is 0 Å². The van der Waals surface area contributed by atoms with E-state index in [-0.39, 0.29) is 22.8 Å². The number of carbonyl (C=O) groups excluding carboxylic acids is 1. The average Bonchev–Trinajstić information content (AvgIpc) is 3.25. The molecule has 0 saturated carbocycles. The zero-order valence-corrected chi connectivity index (χ0v) is 14.4. The minimum atomic E-state index is -3.48. The molecule has 0 unspecified atom stereocenters. The molecule has 126 valence electrons. The maximum Gasteiger partial charge on any atom is 0.240 e. The second-order valence-electron chi connectivity index (χ2n) is 5.87. The summed E-state index contributed by atoms with van der Waals surface area (Å²) < 4.78 is 27.1. The molecule has 8 heteroatoms. The van der Waals surface area contributed by atoms with Gasteiger partial charge in [0.2, 0.25) is 15.9 Å². The highest BCUT2D eigenvalue weighted by molar-refractivity contribution is 7.99. The number of rotatable bonds is 5. The summed E-state index contributed by atoms with van der Waals surface area (Å²) in [6.45, 7) is 1.82. The molecule has 0 radical (unpaired) electrons. The summed E-state index contributed by atoms with van der Waals surface area (Å²) in [7, 11) is -3.48. The third-order valence-corrected chi connectivity index (χ3v) is 6.60. The van der Waals surface area contributed by atoms with Crippen LogP contribution in [0.1, 0.15) is 6.42 Å². The van der Waals surface area contributed by atoms with Crippen molar-refractivity contribution in [3.8, 4) is 0 Å². The summed E-state index contributed by atoms with van der Waals surface area (Å²) in [5, 5.41) is 3.22. The molecular formula is C15H21N3O3S2. The van der Waals surface area contributed by atoms with Crippen molar-refractivity contribution in [2.45, 2.75) is 17.4 Å². The van der Waals surface area contributed by atoms with Gasteiger partial charge in [-0.1, -0.05) is 18.2 Å². The SMILES string of the molecule is O=C([C@@H]1C[C@H](CNS(=O)(=O)c2ccccc2)CN1)N1CCSC1. The van der Waals surface area contributed by atoms with E-state index in [0.717, 1.165) is 18.2 Å². The van der Waals surface area contributed by atoms with Crippen LogP contribution in [0, 0.1) is 5.92 Å². The van der Waals surface area contributed by atoms with Crippen molar-refractivity contribution < 1.29 is 13.2 Å². The van der Waals surface area contributed by atoms with Crippen LogP contribution in [0.4, 0.5) is 0 Å². The number of sulfonamides is 1. The Morgan fingerprint density at radius 3 is 2.83 bits per heavy atom. The fourth-order valence-corrected chi connectivity index (χ4v) is 4.96. The van der Waals surface area contributed by atoms with E-state index in [2.05, 4.69) is 10.0 Å². The number of hydrogen-bond donors (Lipinski definition) is 2. The third kappa shape index (κ3) is 4.06. The minimum absolute atomic E-state index is 0.137. The van der Waals surface area contributed by atoms with Crippen molar-refractivity contribution in [3.63, 3.8) is 0 Å². The summed E-state index contributed by atoms with van der Waals surface area (Å²) >= 11 is 1.77. The van der Waals surface area contributed by atoms with Crippen LogP contribution in [0.3, 0.4) is 0 Å². The molecule has 2 fully saturated rings. The molecule has 2 N–H and O–H groups in total. The molecule has 2 atom stereocenters. The molecule has 1 aromatic rings. The molecule has 0 aromatic heterocycles. The van der Waals surface area contributed by atoms with Crippen LogP contribution in [0.15, 0.2) is 35.2 Å². The highest BCUT2D eigenvalue weighted by Crippen LogP contribution is 2.20. The lowest BCUT2D eigenvalue weighted by atomic mass is 10.1. The molecule has 6 nitrogen and oxygen atoms in total. The Labute approximate surface area is 141 Å². The number of nitrogens with zero attached hydrogens (tertiary/aromatic N) is 1. The first-order chi connectivity index (χ1) is 11.1. The lowest BCUT2D eigenvalue weighted by Gasteiger charge is -2.19. The molecule has 2 aliphatic heterocycles. The summed E-state index contributed by atoms with van der Waals surface area (Å²) in [6.07, 6.45) is 0.678. The Morgan fingerprint density at radius 2 is 2.13 bits per heavy atom. The molecule has 0 spiro atoms. The van der Waals surface area contributed by atoms with Crippen LogP contribution in [0.25, 0.3) is 0 Å². The number of nitrogens with one attached hydrogen (secondary N) is 2. The normalized spacial score (nSPS) is 25.0. The second-order valence-corrected chi connectivity index (χ2v) is 8.71. The van der Waals surface area contributed by atoms with Gasteiger partial charge >= 0.3 is 0 Å². The van der Waals surface area contributed by atoms with Crippen molar-refractivity contribution in [2.24, 2.45) is 5.92 Å². The molecule has 0 bridgehead atoms. The van der Waals surface area contributed by atoms with Gasteiger partial charge in [0.1, 0.15) is 0 Å². The van der Waals surface area contributed by atoms with E-state index < -0.39 is 10.0 Å². The molecule has 3 rings (SSSR count). The minimum Gasteiger partial charge on any atom is -0.331 e. The predicted molar refractivity (Wildman–Crippen MR) is 90.6 cm³/mol. The van der Waals surface area contributed by atoms with Gasteiger partial charge in [-0.3, -0.25) is 4.79 Å². The van der Waals surface area contributed by atoms with Crippen LogP contribution < -0.4 is 10.0 Å². The smallest absolute Gasteiger partial charge is 0.240 e. The van der Waals surface area contributed by atoms with E-state index in [4.69, 9.17) is 0 Å². The highest BCUT2D eigenvalue weighted by Gasteiger charge is 2.33. The molecule has 2 aliphatic rings. The van der Waals surface area contributed by atoms with Crippen molar-refractivity contribution in [3.05, 3.63) is 30.3 Å². The number of carbonyl (C=O) groups is 1. The summed E-state index contributed by atoms with van der Waals surface area (Å²) in [4.78, 5) is 14.5. The third-order valence-electron chi connectivity index (χ3n) is 4.20. The topological polar surface area (TPSA) is 78.5 Å². The van der Waals surface area contributed by atoms with Crippen LogP contribution >= 0.6 is 11.8 Å². The van der Waals surface area contributed by atoms with Crippen LogP contribution in [0.5, 0.6) is 0 Å². The van der Waals surface area contributed by atoms with Crippen molar-refractivity contribution >= 4 is 27.7 Å². The molecule has 23 heavy (non-hydrogen) atoms. The van der Waals surface area contributed by atoms with E-state index in [1.165, 1.54) is 0 Å². The predicted octanol–water partition coefficient (Wildman–Crippen LogP) is 0.476. The molecule has 0 aliphatic carbocycles. The summed E-state index contributed by atoms with van der Waals surface area (Å²) in [5.41, 5.74) is 0. The molecule has 2 heterocycles. The zero-order valence-electron chi connectivity index (χ0n) is 12.8. The zero-order chi connectivity index (χ0) is 16.3. The molecule has 2 saturated heterocycles. The van der Waals surface area contributed by atoms with Crippen LogP contribution in [-0.4, -0.2) is 56.5 Å². The quantitative estimate of drug-likeness (QED) is 0.803. The van der Waals surface area contributed by atoms with Crippen molar-refractivity contribution in [1.82, 2.24) is 14.9 Å². The van der Waals surface area contributed by atoms with Gasteiger partial charge < -0.3 is 10.2 Å². The molecule has 1 aromatic carbocycles. The van der Waals surface area contributed by atoms with Crippen LogP contribution in [-0.2, 0) is 14.8 Å². The lowest BCUT2D eigenvalue weighted by molar-refractivity contribution is -0.131. The standard InChI is InChI=1S/C15H21N3O3S2/c19-15(18-6-7-22-11-18)14-8-12(9-16-14)10-17-23(20,21)13-4-2-1-3-5-13/h1-5,12,14,16-17H,6-11H2/t12-,14-/m0/s1. The van der Waals surface area contributed by atoms with Gasteiger partial charge in [0, 0.05) is 25.4 Å². The number of thioether (sulfide) groups is 1. The van der Waals surface area contributed by atoms with Gasteiger partial charge in [0.15, 0.2) is 0 Å². The summed E-state index contributed by atoms with van der Waals surface area (Å²) in [6, 6.07) is 8.16. The summed E-state index contributed by atoms with van der Waals surface area (Å²) in [5.74, 6) is 2.04. The number of amides is 1. The van der Waals surface area contributed by atoms with Crippen molar-refractivity contribution in [2.75, 3.05) is 31.3 Å². The van der Waals surface area contributed by atoms with Gasteiger partial charge in [-0.25, -0.2) is 13.1 Å². The Hall–Kier alpha value is -1.09. The average molecular weight is 355 g/mol. The first-order valence-corrected chi connectivity index (χ1v) is 10.3. The fourth-order valence-electron chi connectivity index (χ4n) is 2.87. The van der Waals surface area contributed by atoms with Gasteiger partial charge in [-0.15, -0.1) is 11.8 Å². The Kier molecular flexibility index (Phi) is 5.25. The largest absolute Gasteiger partial charge is 0.331 e. The van der Waals surface area contributed by atoms with Gasteiger partial charge in [0.05, 0.1) is 16.8 Å². The Balaban J connectivity index is 1.51. The van der Waals surface area contributed by atoms with Gasteiger partial charge in [-0.05, 0) is 24.5 Å². The van der Waals surface area contributed by atoms with E-state index >= 15 is 0 Å². The second kappa shape index (κ2) is 7.21. The molecule has 1 amide bonds. The van der Waals surface area contributed by atoms with Gasteiger partial charge in [-0.2, -0.15) is 0 Å². The molecular weight excluding hydrogens is 334 g/mol. The maximum atomic E-state index is 12.3. The van der Waals surface area contributed by atoms with E-state index in [1.807, 2.05) is 4.90 Å². The lowest BCUT2D eigenvalue weighted by Crippen LogP contribution is -2.42. The monoisotopic (exact) mass is 355 g/mol. The number of benzene rings is 1. The Bertz CT molecular complexity index is 645. The Morgan fingerprint density at radius 1 is 1.35 bits per heavy atom. The van der Waals surface area contributed by atoms with Crippen LogP contribution in [0.2, 0.25) is 0 Å². The van der Waals surface area contributed by atoms with E-state index in [0.29, 0.717) is 19.5 Å². The maximum absolute atomic E-state index is 12.3. The van der Waals surface area contributed by atoms with E-state index in [9.17, 15) is 13.2 Å². The van der Waals surface area contributed by atoms with E-state index in [1.54, 1.807) is 42.1 Å². The van der Waals surface area contributed by atoms with Gasteiger partial charge in [0.25, 0.3) is 0 Å². The number of hydrogen-bond acceptors (Lipinski definition) is 5. The first-order valence-electron chi connectivity index (χ1n) is 7.71. The first kappa shape index (κ1) is 16.8. The highest BCUT2D eigenvalue weighted by atomic mass is 32.2. The fraction of sp³-hybridized carbons (Fsp3) is 0.533.